The van der Waals surface area contributed by atoms with Crippen LogP contribution >= 0.6 is 11.6 Å². The molecule has 0 amide bonds. The van der Waals surface area contributed by atoms with E-state index in [1.807, 2.05) is 37.6 Å². The number of carbonyl (C=O) groups is 1. The Kier molecular flexibility index (Phi) is 6.39. The number of rotatable bonds is 7. The highest BCUT2D eigenvalue weighted by atomic mass is 35.5. The van der Waals surface area contributed by atoms with Gasteiger partial charge in [0.05, 0.1) is 24.1 Å². The molecule has 3 aromatic rings. The molecule has 0 unspecified atom stereocenters. The molecule has 1 saturated heterocycles. The minimum absolute atomic E-state index is 0.102. The summed E-state index contributed by atoms with van der Waals surface area (Å²) in [6.07, 6.45) is 2.01. The highest BCUT2D eigenvalue weighted by Crippen LogP contribution is 2.26. The highest BCUT2D eigenvalue weighted by Gasteiger charge is 2.23. The van der Waals surface area contributed by atoms with E-state index in [9.17, 15) is 4.79 Å². The van der Waals surface area contributed by atoms with Crippen molar-refractivity contribution in [3.63, 3.8) is 0 Å². The van der Waals surface area contributed by atoms with Crippen molar-refractivity contribution in [1.29, 1.82) is 0 Å². The van der Waals surface area contributed by atoms with Crippen molar-refractivity contribution in [2.24, 2.45) is 13.0 Å². The summed E-state index contributed by atoms with van der Waals surface area (Å²) in [5, 5.41) is 4.44. The average Bonchev–Trinajstić information content (AvgIpc) is 3.20. The molecule has 0 bridgehead atoms. The summed E-state index contributed by atoms with van der Waals surface area (Å²) < 4.78 is 4.29. The van der Waals surface area contributed by atoms with Crippen LogP contribution in [0.2, 0.25) is 5.15 Å². The minimum Gasteiger partial charge on any atom is -0.353 e. The standard InChI is InChI=1S/C24H32ClN5O/c1-16(2)22(31)15-29-11-9-18(10-12-29)26-24-27-19-7-5-6-8-20(19)30(24)14-21-17(3)13-23(25)28(21)4/h5-8,13,16,18H,9-12,14-15H2,1-4H3,(H,26,27). The zero-order valence-electron chi connectivity index (χ0n) is 18.9. The number of Topliss-reactive ketones (excluding diaryl/α,β-unsaturated/α-hetero) is 1. The molecule has 3 heterocycles. The van der Waals surface area contributed by atoms with E-state index in [1.165, 1.54) is 11.3 Å². The number of fused-ring (bicyclic) bond motifs is 1. The Morgan fingerprint density at radius 1 is 1.26 bits per heavy atom. The fraction of sp³-hybridized carbons (Fsp3) is 0.500. The van der Waals surface area contributed by atoms with E-state index in [-0.39, 0.29) is 5.92 Å². The maximum Gasteiger partial charge on any atom is 0.204 e. The second kappa shape index (κ2) is 9.05. The van der Waals surface area contributed by atoms with Gasteiger partial charge in [0.1, 0.15) is 10.9 Å². The second-order valence-corrected chi connectivity index (χ2v) is 9.37. The topological polar surface area (TPSA) is 55.1 Å². The van der Waals surface area contributed by atoms with Gasteiger partial charge in [-0.3, -0.25) is 9.69 Å². The van der Waals surface area contributed by atoms with Crippen molar-refractivity contribution >= 4 is 34.4 Å². The van der Waals surface area contributed by atoms with Crippen LogP contribution in [0.25, 0.3) is 11.0 Å². The zero-order chi connectivity index (χ0) is 22.1. The molecule has 6 nitrogen and oxygen atoms in total. The molecule has 0 saturated carbocycles. The summed E-state index contributed by atoms with van der Waals surface area (Å²) in [7, 11) is 2.01. The smallest absolute Gasteiger partial charge is 0.204 e. The molecule has 1 aliphatic heterocycles. The third-order valence-corrected chi connectivity index (χ3v) is 6.79. The molecule has 7 heteroatoms. The van der Waals surface area contributed by atoms with Crippen LogP contribution in [-0.4, -0.2) is 50.5 Å². The number of aryl methyl sites for hydroxylation is 1. The van der Waals surface area contributed by atoms with Gasteiger partial charge in [-0.05, 0) is 43.5 Å². The van der Waals surface area contributed by atoms with Crippen LogP contribution in [0.1, 0.15) is 37.9 Å². The van der Waals surface area contributed by atoms with Gasteiger partial charge >= 0.3 is 0 Å². The lowest BCUT2D eigenvalue weighted by Gasteiger charge is -2.32. The molecule has 1 N–H and O–H groups in total. The number of carbonyl (C=O) groups excluding carboxylic acids is 1. The first-order valence-electron chi connectivity index (χ1n) is 11.1. The van der Waals surface area contributed by atoms with E-state index in [2.05, 4.69) is 39.9 Å². The van der Waals surface area contributed by atoms with E-state index in [4.69, 9.17) is 16.6 Å². The number of hydrogen-bond donors (Lipinski definition) is 1. The van der Waals surface area contributed by atoms with Gasteiger partial charge in [-0.2, -0.15) is 0 Å². The van der Waals surface area contributed by atoms with Crippen molar-refractivity contribution < 1.29 is 4.79 Å². The maximum absolute atomic E-state index is 12.1. The Balaban J connectivity index is 1.52. The summed E-state index contributed by atoms with van der Waals surface area (Å²) in [4.78, 5) is 19.3. The van der Waals surface area contributed by atoms with Crippen molar-refractivity contribution in [2.75, 3.05) is 25.0 Å². The highest BCUT2D eigenvalue weighted by molar-refractivity contribution is 6.29. The van der Waals surface area contributed by atoms with Gasteiger partial charge in [0.2, 0.25) is 5.95 Å². The van der Waals surface area contributed by atoms with Gasteiger partial charge < -0.3 is 14.5 Å². The predicted molar refractivity (Wildman–Crippen MR) is 127 cm³/mol. The Morgan fingerprint density at radius 3 is 2.61 bits per heavy atom. The molecule has 1 aromatic carbocycles. The zero-order valence-corrected chi connectivity index (χ0v) is 19.6. The van der Waals surface area contributed by atoms with E-state index in [1.54, 1.807) is 0 Å². The summed E-state index contributed by atoms with van der Waals surface area (Å²) in [5.74, 6) is 1.32. The van der Waals surface area contributed by atoms with Crippen LogP contribution in [0, 0.1) is 12.8 Å². The maximum atomic E-state index is 12.1. The molecule has 4 rings (SSSR count). The Labute approximate surface area is 189 Å². The number of nitrogens with one attached hydrogen (secondary N) is 1. The SMILES string of the molecule is Cc1cc(Cl)n(C)c1Cn1c(NC2CCN(CC(=O)C(C)C)CC2)nc2ccccc21. The molecule has 1 aliphatic rings. The van der Waals surface area contributed by atoms with E-state index in [0.717, 1.165) is 48.1 Å². The number of piperidine rings is 1. The lowest BCUT2D eigenvalue weighted by atomic mass is 10.0. The van der Waals surface area contributed by atoms with Crippen molar-refractivity contribution in [3.8, 4) is 0 Å². The van der Waals surface area contributed by atoms with Crippen LogP contribution < -0.4 is 5.32 Å². The fourth-order valence-corrected chi connectivity index (χ4v) is 4.57. The van der Waals surface area contributed by atoms with Gasteiger partial charge in [0, 0.05) is 37.8 Å². The van der Waals surface area contributed by atoms with Crippen LogP contribution in [0.4, 0.5) is 5.95 Å². The van der Waals surface area contributed by atoms with E-state index >= 15 is 0 Å². The van der Waals surface area contributed by atoms with Gasteiger partial charge in [-0.1, -0.05) is 37.6 Å². The van der Waals surface area contributed by atoms with Gasteiger partial charge in [-0.25, -0.2) is 4.98 Å². The quantitative estimate of drug-likeness (QED) is 0.587. The van der Waals surface area contributed by atoms with Crippen molar-refractivity contribution in [2.45, 2.75) is 46.2 Å². The number of likely N-dealkylation sites (tertiary alicyclic amines) is 1. The van der Waals surface area contributed by atoms with Gasteiger partial charge in [0.25, 0.3) is 0 Å². The number of hydrogen-bond acceptors (Lipinski definition) is 4. The monoisotopic (exact) mass is 441 g/mol. The third kappa shape index (κ3) is 4.65. The van der Waals surface area contributed by atoms with Gasteiger partial charge in [0.15, 0.2) is 0 Å². The summed E-state index contributed by atoms with van der Waals surface area (Å²) in [5.41, 5.74) is 4.46. The molecule has 166 valence electrons. The first-order chi connectivity index (χ1) is 14.8. The lowest BCUT2D eigenvalue weighted by Crippen LogP contribution is -2.42. The average molecular weight is 442 g/mol. The number of halogens is 1. The number of ketones is 1. The van der Waals surface area contributed by atoms with Crippen LogP contribution in [0.15, 0.2) is 30.3 Å². The van der Waals surface area contributed by atoms with Crippen LogP contribution in [-0.2, 0) is 18.4 Å². The van der Waals surface area contributed by atoms with Gasteiger partial charge in [-0.15, -0.1) is 0 Å². The summed E-state index contributed by atoms with van der Waals surface area (Å²) in [6.45, 7) is 9.19. The molecule has 1 fully saturated rings. The predicted octanol–water partition coefficient (Wildman–Crippen LogP) is 4.49. The molecular weight excluding hydrogens is 410 g/mol. The van der Waals surface area contributed by atoms with Crippen LogP contribution in [0.5, 0.6) is 0 Å². The number of aromatic nitrogens is 3. The minimum atomic E-state index is 0.102. The Hall–Kier alpha value is -2.31. The van der Waals surface area contributed by atoms with Crippen LogP contribution in [0.3, 0.4) is 0 Å². The largest absolute Gasteiger partial charge is 0.353 e. The van der Waals surface area contributed by atoms with Crippen molar-refractivity contribution in [1.82, 2.24) is 19.0 Å². The molecule has 0 atom stereocenters. The Bertz CT molecular complexity index is 1080. The summed E-state index contributed by atoms with van der Waals surface area (Å²) >= 11 is 6.35. The van der Waals surface area contributed by atoms with E-state index in [0.29, 0.717) is 24.9 Å². The molecule has 0 spiro atoms. The molecule has 0 aliphatic carbocycles. The number of imidazole rings is 1. The Morgan fingerprint density at radius 2 is 1.97 bits per heavy atom. The number of anilines is 1. The number of nitrogens with zero attached hydrogens (tertiary/aromatic N) is 4. The fourth-order valence-electron chi connectivity index (χ4n) is 4.30. The first kappa shape index (κ1) is 21.9. The molecule has 2 aromatic heterocycles. The molecule has 31 heavy (non-hydrogen) atoms. The van der Waals surface area contributed by atoms with E-state index < -0.39 is 0 Å². The first-order valence-corrected chi connectivity index (χ1v) is 11.5. The number of para-hydroxylation sites is 2. The van der Waals surface area contributed by atoms with Crippen molar-refractivity contribution in [3.05, 3.63) is 46.7 Å². The molecule has 0 radical (unpaired) electrons. The summed E-state index contributed by atoms with van der Waals surface area (Å²) in [6, 6.07) is 10.6. The second-order valence-electron chi connectivity index (χ2n) is 8.98. The normalized spacial score (nSPS) is 15.8. The third-order valence-electron chi connectivity index (χ3n) is 6.42. The molecular formula is C24H32ClN5O. The lowest BCUT2D eigenvalue weighted by molar-refractivity contribution is -0.123. The number of benzene rings is 1.